The van der Waals surface area contributed by atoms with Crippen LogP contribution in [0, 0.1) is 5.82 Å². The predicted octanol–water partition coefficient (Wildman–Crippen LogP) is 4.16. The monoisotopic (exact) mass is 348 g/mol. The molecule has 7 heteroatoms. The predicted molar refractivity (Wildman–Crippen MR) is 70.5 cm³/mol. The maximum Gasteiger partial charge on any atom is 0.155 e. The highest BCUT2D eigenvalue weighted by Gasteiger charge is 2.17. The lowest BCUT2D eigenvalue weighted by Gasteiger charge is -2.08. The highest BCUT2D eigenvalue weighted by atomic mass is 79.9. The Kier molecular flexibility index (Phi) is 3.94. The molecule has 0 unspecified atom stereocenters. The van der Waals surface area contributed by atoms with Crippen LogP contribution in [0.2, 0.25) is 10.2 Å². The highest BCUT2D eigenvalue weighted by molar-refractivity contribution is 9.10. The van der Waals surface area contributed by atoms with E-state index >= 15 is 0 Å². The molecule has 0 saturated heterocycles. The lowest BCUT2D eigenvalue weighted by Crippen LogP contribution is -1.98. The number of nitrogens with zero attached hydrogens (tertiary/aromatic N) is 2. The molecule has 1 aromatic carbocycles. The second-order valence-electron chi connectivity index (χ2n) is 3.27. The van der Waals surface area contributed by atoms with Crippen LogP contribution >= 0.6 is 39.1 Å². The van der Waals surface area contributed by atoms with Gasteiger partial charge in [0.05, 0.1) is 16.3 Å². The van der Waals surface area contributed by atoms with Crippen molar-refractivity contribution in [3.8, 4) is 11.3 Å². The van der Waals surface area contributed by atoms with Gasteiger partial charge in [0.15, 0.2) is 12.1 Å². The first-order chi connectivity index (χ1) is 8.56. The average Bonchev–Trinajstić information content (AvgIpc) is 2.36. The number of halogens is 4. The Bertz CT molecular complexity index is 637. The number of aldehydes is 1. The molecule has 0 spiro atoms. The van der Waals surface area contributed by atoms with Gasteiger partial charge < -0.3 is 0 Å². The van der Waals surface area contributed by atoms with Crippen molar-refractivity contribution in [2.45, 2.75) is 0 Å². The minimum absolute atomic E-state index is 0.0245. The molecule has 0 bridgehead atoms. The van der Waals surface area contributed by atoms with E-state index in [2.05, 4.69) is 25.9 Å². The Balaban J connectivity index is 2.74. The van der Waals surface area contributed by atoms with Gasteiger partial charge in [-0.25, -0.2) is 14.4 Å². The summed E-state index contributed by atoms with van der Waals surface area (Å²) in [6, 6.07) is 3.02. The van der Waals surface area contributed by atoms with Gasteiger partial charge in [-0.3, -0.25) is 4.79 Å². The zero-order valence-electron chi connectivity index (χ0n) is 8.62. The van der Waals surface area contributed by atoms with Crippen LogP contribution in [-0.4, -0.2) is 16.3 Å². The Hall–Kier alpha value is -1.04. The first-order valence-electron chi connectivity index (χ1n) is 4.65. The van der Waals surface area contributed by atoms with Crippen LogP contribution < -0.4 is 0 Å². The van der Waals surface area contributed by atoms with Gasteiger partial charge in [-0.2, -0.15) is 0 Å². The van der Waals surface area contributed by atoms with Gasteiger partial charge in [-0.15, -0.1) is 0 Å². The average molecular weight is 350 g/mol. The molecule has 0 amide bonds. The van der Waals surface area contributed by atoms with Gasteiger partial charge in [-0.05, 0) is 28.1 Å². The zero-order chi connectivity index (χ0) is 13.3. The molecule has 2 rings (SSSR count). The van der Waals surface area contributed by atoms with E-state index in [1.54, 1.807) is 6.07 Å². The molecule has 0 N–H and O–H groups in total. The van der Waals surface area contributed by atoms with Crippen LogP contribution in [0.25, 0.3) is 11.3 Å². The molecule has 2 aromatic rings. The van der Waals surface area contributed by atoms with Crippen LogP contribution in [0.5, 0.6) is 0 Å². The van der Waals surface area contributed by atoms with Crippen molar-refractivity contribution in [1.29, 1.82) is 0 Å². The normalized spacial score (nSPS) is 10.4. The summed E-state index contributed by atoms with van der Waals surface area (Å²) in [4.78, 5) is 18.5. The lowest BCUT2D eigenvalue weighted by atomic mass is 10.1. The van der Waals surface area contributed by atoms with Crippen molar-refractivity contribution >= 4 is 45.4 Å². The van der Waals surface area contributed by atoms with Crippen LogP contribution in [0.3, 0.4) is 0 Å². The van der Waals surface area contributed by atoms with E-state index < -0.39 is 5.82 Å². The summed E-state index contributed by atoms with van der Waals surface area (Å²) < 4.78 is 14.4. The van der Waals surface area contributed by atoms with E-state index in [4.69, 9.17) is 23.2 Å². The molecule has 92 valence electrons. The summed E-state index contributed by atoms with van der Waals surface area (Å²) in [6.45, 7) is 0. The number of aromatic nitrogens is 2. The van der Waals surface area contributed by atoms with Crippen LogP contribution in [0.4, 0.5) is 4.39 Å². The van der Waals surface area contributed by atoms with Crippen molar-refractivity contribution in [3.63, 3.8) is 0 Å². The van der Waals surface area contributed by atoms with E-state index in [-0.39, 0.29) is 27.0 Å². The van der Waals surface area contributed by atoms with Crippen LogP contribution in [-0.2, 0) is 0 Å². The standard InChI is InChI=1S/C11H4BrCl2FN2O/c12-7-2-1-5(9(15)8(7)13)10-6(3-18)11(14)17-4-16-10/h1-4H. The topological polar surface area (TPSA) is 42.9 Å². The molecule has 0 atom stereocenters. The van der Waals surface area contributed by atoms with Gasteiger partial charge >= 0.3 is 0 Å². The fourth-order valence-electron chi connectivity index (χ4n) is 1.40. The third-order valence-corrected chi connectivity index (χ3v) is 3.80. The van der Waals surface area contributed by atoms with E-state index in [1.807, 2.05) is 0 Å². The number of carbonyl (C=O) groups is 1. The Morgan fingerprint density at radius 1 is 1.28 bits per heavy atom. The summed E-state index contributed by atoms with van der Waals surface area (Å²) in [7, 11) is 0. The SMILES string of the molecule is O=Cc1c(Cl)ncnc1-c1ccc(Br)c(Cl)c1F. The number of hydrogen-bond donors (Lipinski definition) is 0. The van der Waals surface area contributed by atoms with E-state index in [1.165, 1.54) is 6.07 Å². The molecular formula is C11H4BrCl2FN2O. The second kappa shape index (κ2) is 5.30. The fraction of sp³-hybridized carbons (Fsp3) is 0. The quantitative estimate of drug-likeness (QED) is 0.464. The summed E-state index contributed by atoms with van der Waals surface area (Å²) in [5, 5.41) is -0.118. The first-order valence-corrected chi connectivity index (χ1v) is 6.20. The number of carbonyl (C=O) groups excluding carboxylic acids is 1. The van der Waals surface area contributed by atoms with E-state index in [9.17, 15) is 9.18 Å². The first kappa shape index (κ1) is 13.4. The largest absolute Gasteiger partial charge is 0.298 e. The van der Waals surface area contributed by atoms with Crippen molar-refractivity contribution < 1.29 is 9.18 Å². The zero-order valence-corrected chi connectivity index (χ0v) is 11.7. The van der Waals surface area contributed by atoms with Crippen molar-refractivity contribution in [1.82, 2.24) is 9.97 Å². The molecule has 0 saturated carbocycles. The Morgan fingerprint density at radius 2 is 2.00 bits per heavy atom. The van der Waals surface area contributed by atoms with Crippen molar-refractivity contribution in [2.24, 2.45) is 0 Å². The third-order valence-electron chi connectivity index (χ3n) is 2.24. The van der Waals surface area contributed by atoms with Gasteiger partial charge in [0.1, 0.15) is 11.5 Å². The van der Waals surface area contributed by atoms with Gasteiger partial charge in [0.2, 0.25) is 0 Å². The molecule has 0 radical (unpaired) electrons. The Labute approximate surface area is 120 Å². The smallest absolute Gasteiger partial charge is 0.155 e. The minimum atomic E-state index is -0.677. The number of rotatable bonds is 2. The van der Waals surface area contributed by atoms with Crippen molar-refractivity contribution in [2.75, 3.05) is 0 Å². The summed E-state index contributed by atoms with van der Waals surface area (Å²) in [5.41, 5.74) is 0.225. The second-order valence-corrected chi connectivity index (χ2v) is 4.86. The molecule has 0 aliphatic heterocycles. The highest BCUT2D eigenvalue weighted by Crippen LogP contribution is 2.34. The van der Waals surface area contributed by atoms with E-state index in [0.29, 0.717) is 10.8 Å². The summed E-state index contributed by atoms with van der Waals surface area (Å²) in [6.07, 6.45) is 1.63. The lowest BCUT2D eigenvalue weighted by molar-refractivity contribution is 0.112. The van der Waals surface area contributed by atoms with E-state index in [0.717, 1.165) is 6.33 Å². The summed E-state index contributed by atoms with van der Waals surface area (Å²) >= 11 is 14.6. The molecule has 0 aliphatic carbocycles. The molecule has 18 heavy (non-hydrogen) atoms. The molecule has 3 nitrogen and oxygen atoms in total. The van der Waals surface area contributed by atoms with Gasteiger partial charge in [0.25, 0.3) is 0 Å². The number of benzene rings is 1. The Morgan fingerprint density at radius 3 is 2.67 bits per heavy atom. The van der Waals surface area contributed by atoms with Gasteiger partial charge in [-0.1, -0.05) is 23.2 Å². The maximum absolute atomic E-state index is 14.0. The van der Waals surface area contributed by atoms with Crippen molar-refractivity contribution in [3.05, 3.63) is 44.5 Å². The third kappa shape index (κ3) is 2.25. The molecule has 1 heterocycles. The van der Waals surface area contributed by atoms with Crippen LogP contribution in [0.1, 0.15) is 10.4 Å². The molecule has 1 aromatic heterocycles. The number of hydrogen-bond acceptors (Lipinski definition) is 3. The fourth-order valence-corrected chi connectivity index (χ4v) is 2.05. The van der Waals surface area contributed by atoms with Crippen LogP contribution in [0.15, 0.2) is 22.9 Å². The molecule has 0 aliphatic rings. The minimum Gasteiger partial charge on any atom is -0.298 e. The summed E-state index contributed by atoms with van der Waals surface area (Å²) in [5.74, 6) is -0.677. The molecular weight excluding hydrogens is 346 g/mol. The maximum atomic E-state index is 14.0. The van der Waals surface area contributed by atoms with Gasteiger partial charge in [0, 0.05) is 10.0 Å². The molecule has 0 fully saturated rings.